The van der Waals surface area contributed by atoms with Crippen molar-refractivity contribution in [2.45, 2.75) is 40.2 Å². The van der Waals surface area contributed by atoms with E-state index in [9.17, 15) is 4.79 Å². The lowest BCUT2D eigenvalue weighted by Gasteiger charge is -2.05. The predicted molar refractivity (Wildman–Crippen MR) is 70.5 cm³/mol. The first-order valence-electron chi connectivity index (χ1n) is 6.28. The van der Waals surface area contributed by atoms with Gasteiger partial charge in [0.25, 0.3) is 5.56 Å². The largest absolute Gasteiger partial charge is 0.310 e. The third-order valence-corrected chi connectivity index (χ3v) is 2.92. The molecule has 18 heavy (non-hydrogen) atoms. The molecule has 0 aromatic carbocycles. The van der Waals surface area contributed by atoms with E-state index < -0.39 is 0 Å². The van der Waals surface area contributed by atoms with E-state index in [1.807, 2.05) is 17.8 Å². The van der Waals surface area contributed by atoms with E-state index in [0.29, 0.717) is 5.56 Å². The van der Waals surface area contributed by atoms with Crippen LogP contribution < -0.4 is 5.56 Å². The summed E-state index contributed by atoms with van der Waals surface area (Å²) in [5.74, 6) is 0.743. The monoisotopic (exact) mass is 246 g/mol. The van der Waals surface area contributed by atoms with E-state index in [4.69, 9.17) is 0 Å². The van der Waals surface area contributed by atoms with Crippen LogP contribution in [-0.4, -0.2) is 19.7 Å². The van der Waals surface area contributed by atoms with Gasteiger partial charge in [-0.05, 0) is 20.3 Å². The van der Waals surface area contributed by atoms with Crippen molar-refractivity contribution in [2.24, 2.45) is 0 Å². The number of nitrogens with one attached hydrogen (secondary N) is 1. The summed E-state index contributed by atoms with van der Waals surface area (Å²) in [6, 6.07) is 0. The van der Waals surface area contributed by atoms with Crippen LogP contribution in [0, 0.1) is 6.92 Å². The van der Waals surface area contributed by atoms with Gasteiger partial charge < -0.3 is 4.98 Å². The highest BCUT2D eigenvalue weighted by molar-refractivity contribution is 5.60. The second-order valence-corrected chi connectivity index (χ2v) is 4.32. The van der Waals surface area contributed by atoms with Gasteiger partial charge in [-0.1, -0.05) is 6.92 Å². The van der Waals surface area contributed by atoms with Gasteiger partial charge in [0.15, 0.2) is 0 Å². The fourth-order valence-corrected chi connectivity index (χ4v) is 1.87. The second kappa shape index (κ2) is 5.16. The van der Waals surface area contributed by atoms with Crippen LogP contribution in [0.3, 0.4) is 0 Å². The van der Waals surface area contributed by atoms with Gasteiger partial charge in [0.1, 0.15) is 5.82 Å². The number of nitrogens with zero attached hydrogens (tertiary/aromatic N) is 3. The minimum absolute atomic E-state index is 0.0623. The van der Waals surface area contributed by atoms with Crippen LogP contribution in [0.1, 0.15) is 31.7 Å². The maximum absolute atomic E-state index is 11.9. The normalized spacial score (nSPS) is 10.8. The van der Waals surface area contributed by atoms with Gasteiger partial charge in [0.05, 0.1) is 11.9 Å². The van der Waals surface area contributed by atoms with Gasteiger partial charge >= 0.3 is 0 Å². The molecule has 0 amide bonds. The SMILES string of the molecule is CCCc1nc(-c2cnn(CC)c2)c(C)c(=O)[nH]1. The van der Waals surface area contributed by atoms with E-state index >= 15 is 0 Å². The standard InChI is InChI=1S/C13H18N4O/c1-4-6-11-15-12(9(3)13(18)16-11)10-7-14-17(5-2)8-10/h7-8H,4-6H2,1-3H3,(H,15,16,18). The molecular formula is C13H18N4O. The first-order valence-corrected chi connectivity index (χ1v) is 6.28. The molecule has 0 aliphatic rings. The Hall–Kier alpha value is -1.91. The average Bonchev–Trinajstić information content (AvgIpc) is 2.82. The molecule has 1 N–H and O–H groups in total. The Morgan fingerprint density at radius 3 is 2.78 bits per heavy atom. The first-order chi connectivity index (χ1) is 8.65. The topological polar surface area (TPSA) is 63.6 Å². The molecule has 0 radical (unpaired) electrons. The molecule has 0 saturated heterocycles. The van der Waals surface area contributed by atoms with Gasteiger partial charge in [0.2, 0.25) is 0 Å². The van der Waals surface area contributed by atoms with Gasteiger partial charge in [-0.15, -0.1) is 0 Å². The summed E-state index contributed by atoms with van der Waals surface area (Å²) in [6.45, 7) is 6.69. The maximum Gasteiger partial charge on any atom is 0.254 e. The molecule has 0 fully saturated rings. The molecule has 2 aromatic heterocycles. The van der Waals surface area contributed by atoms with Crippen LogP contribution in [0.2, 0.25) is 0 Å². The Bertz CT molecular complexity index is 597. The zero-order valence-corrected chi connectivity index (χ0v) is 11.0. The minimum atomic E-state index is -0.0623. The fraction of sp³-hybridized carbons (Fsp3) is 0.462. The van der Waals surface area contributed by atoms with E-state index in [1.165, 1.54) is 0 Å². The lowest BCUT2D eigenvalue weighted by molar-refractivity contribution is 0.660. The molecule has 0 bridgehead atoms. The maximum atomic E-state index is 11.9. The van der Waals surface area contributed by atoms with E-state index in [2.05, 4.69) is 22.0 Å². The summed E-state index contributed by atoms with van der Waals surface area (Å²) in [4.78, 5) is 19.2. The van der Waals surface area contributed by atoms with Gasteiger partial charge in [-0.3, -0.25) is 9.48 Å². The summed E-state index contributed by atoms with van der Waals surface area (Å²) in [5, 5.41) is 4.22. The molecule has 0 unspecified atom stereocenters. The van der Waals surface area contributed by atoms with Crippen LogP contribution in [0.4, 0.5) is 0 Å². The summed E-state index contributed by atoms with van der Waals surface area (Å²) in [7, 11) is 0. The quantitative estimate of drug-likeness (QED) is 0.896. The number of hydrogen-bond donors (Lipinski definition) is 1. The van der Waals surface area contributed by atoms with E-state index in [1.54, 1.807) is 13.1 Å². The van der Waals surface area contributed by atoms with Crippen molar-refractivity contribution in [1.29, 1.82) is 0 Å². The minimum Gasteiger partial charge on any atom is -0.310 e. The lowest BCUT2D eigenvalue weighted by atomic mass is 10.1. The van der Waals surface area contributed by atoms with Crippen LogP contribution in [0.15, 0.2) is 17.2 Å². The van der Waals surface area contributed by atoms with E-state index in [-0.39, 0.29) is 5.56 Å². The number of H-pyrrole nitrogens is 1. The molecule has 5 nitrogen and oxygen atoms in total. The van der Waals surface area contributed by atoms with Gasteiger partial charge in [0, 0.05) is 30.3 Å². The number of aryl methyl sites for hydroxylation is 2. The third kappa shape index (κ3) is 2.34. The molecular weight excluding hydrogens is 228 g/mol. The second-order valence-electron chi connectivity index (χ2n) is 4.32. The molecule has 2 aromatic rings. The highest BCUT2D eigenvalue weighted by Crippen LogP contribution is 2.18. The van der Waals surface area contributed by atoms with Crippen molar-refractivity contribution < 1.29 is 0 Å². The molecule has 5 heteroatoms. The zero-order valence-electron chi connectivity index (χ0n) is 11.0. The summed E-state index contributed by atoms with van der Waals surface area (Å²) in [6.07, 6.45) is 5.42. The van der Waals surface area contributed by atoms with Crippen LogP contribution in [0.25, 0.3) is 11.3 Å². The highest BCUT2D eigenvalue weighted by atomic mass is 16.1. The number of aromatic nitrogens is 4. The molecule has 0 spiro atoms. The van der Waals surface area contributed by atoms with Crippen molar-refractivity contribution in [1.82, 2.24) is 19.7 Å². The molecule has 96 valence electrons. The Kier molecular flexibility index (Phi) is 3.60. The smallest absolute Gasteiger partial charge is 0.254 e. The summed E-state index contributed by atoms with van der Waals surface area (Å²) < 4.78 is 1.83. The van der Waals surface area contributed by atoms with Crippen LogP contribution in [0.5, 0.6) is 0 Å². The predicted octanol–water partition coefficient (Wildman–Crippen LogP) is 1.91. The van der Waals surface area contributed by atoms with E-state index in [0.717, 1.165) is 36.5 Å². The van der Waals surface area contributed by atoms with Crippen molar-refractivity contribution >= 4 is 0 Å². The van der Waals surface area contributed by atoms with Crippen molar-refractivity contribution in [2.75, 3.05) is 0 Å². The van der Waals surface area contributed by atoms with Gasteiger partial charge in [-0.2, -0.15) is 5.10 Å². The average molecular weight is 246 g/mol. The number of hydrogen-bond acceptors (Lipinski definition) is 3. The van der Waals surface area contributed by atoms with Crippen molar-refractivity contribution in [3.63, 3.8) is 0 Å². The third-order valence-electron chi connectivity index (χ3n) is 2.92. The molecule has 0 atom stereocenters. The first kappa shape index (κ1) is 12.5. The molecule has 0 aliphatic heterocycles. The lowest BCUT2D eigenvalue weighted by Crippen LogP contribution is -2.16. The highest BCUT2D eigenvalue weighted by Gasteiger charge is 2.11. The van der Waals surface area contributed by atoms with Crippen LogP contribution in [-0.2, 0) is 13.0 Å². The number of rotatable bonds is 4. The fourth-order valence-electron chi connectivity index (χ4n) is 1.87. The van der Waals surface area contributed by atoms with Crippen molar-refractivity contribution in [3.8, 4) is 11.3 Å². The molecule has 2 heterocycles. The van der Waals surface area contributed by atoms with Crippen molar-refractivity contribution in [3.05, 3.63) is 34.1 Å². The summed E-state index contributed by atoms with van der Waals surface area (Å²) in [5.41, 5.74) is 2.22. The summed E-state index contributed by atoms with van der Waals surface area (Å²) >= 11 is 0. The Morgan fingerprint density at radius 1 is 1.39 bits per heavy atom. The Morgan fingerprint density at radius 2 is 2.17 bits per heavy atom. The zero-order chi connectivity index (χ0) is 13.1. The number of aromatic amines is 1. The molecule has 0 saturated carbocycles. The Labute approximate surface area is 106 Å². The molecule has 2 rings (SSSR count). The Balaban J connectivity index is 2.51. The van der Waals surface area contributed by atoms with Crippen LogP contribution >= 0.6 is 0 Å². The van der Waals surface area contributed by atoms with Gasteiger partial charge in [-0.25, -0.2) is 4.98 Å². The molecule has 0 aliphatic carbocycles.